The van der Waals surface area contributed by atoms with Gasteiger partial charge in [0, 0.05) is 28.8 Å². The Morgan fingerprint density at radius 3 is 2.53 bits per heavy atom. The van der Waals surface area contributed by atoms with Gasteiger partial charge < -0.3 is 0 Å². The van der Waals surface area contributed by atoms with E-state index >= 15 is 0 Å². The molecule has 2 fully saturated rings. The van der Waals surface area contributed by atoms with Crippen molar-refractivity contribution in [1.29, 1.82) is 0 Å². The molecule has 2 aromatic heterocycles. The molecule has 0 N–H and O–H groups in total. The van der Waals surface area contributed by atoms with Gasteiger partial charge in [-0.2, -0.15) is 0 Å². The maximum Gasteiger partial charge on any atom is 0.0758 e. The van der Waals surface area contributed by atoms with Crippen molar-refractivity contribution in [3.8, 4) is 11.3 Å². The van der Waals surface area contributed by atoms with Crippen molar-refractivity contribution in [3.63, 3.8) is 0 Å². The lowest BCUT2D eigenvalue weighted by molar-refractivity contribution is 0.0996. The molecular formula is C17H16N2. The standard InChI is InChI=1S/C17H16N2/c1-4-12-14-13(5-2-10-18-14)16-6-3-7-17(16,9-8-16)15(12)19-11-1/h1-2,4-5,10-11H,3,6-9H2. The molecule has 2 unspecified atom stereocenters. The molecule has 0 amide bonds. The predicted octanol–water partition coefficient (Wildman–Crippen LogP) is 3.61. The van der Waals surface area contributed by atoms with Crippen LogP contribution in [-0.2, 0) is 10.8 Å². The van der Waals surface area contributed by atoms with E-state index < -0.39 is 0 Å². The molecule has 0 aromatic carbocycles. The van der Waals surface area contributed by atoms with Crippen LogP contribution in [0.25, 0.3) is 11.3 Å². The molecule has 0 bridgehead atoms. The Labute approximate surface area is 112 Å². The van der Waals surface area contributed by atoms with Crippen molar-refractivity contribution in [2.24, 2.45) is 0 Å². The molecule has 3 aliphatic rings. The van der Waals surface area contributed by atoms with Gasteiger partial charge in [0.2, 0.25) is 0 Å². The Morgan fingerprint density at radius 1 is 0.842 bits per heavy atom. The molecule has 2 saturated carbocycles. The van der Waals surface area contributed by atoms with Gasteiger partial charge in [-0.05, 0) is 49.4 Å². The highest BCUT2D eigenvalue weighted by molar-refractivity contribution is 5.75. The lowest BCUT2D eigenvalue weighted by Crippen LogP contribution is -2.56. The van der Waals surface area contributed by atoms with Crippen LogP contribution in [0.2, 0.25) is 0 Å². The average molecular weight is 248 g/mol. The Kier molecular flexibility index (Phi) is 1.63. The zero-order valence-electron chi connectivity index (χ0n) is 10.9. The average Bonchev–Trinajstić information content (AvgIpc) is 2.74. The Bertz CT molecular complexity index is 634. The van der Waals surface area contributed by atoms with Gasteiger partial charge in [0.05, 0.1) is 11.4 Å². The fourth-order valence-electron chi connectivity index (χ4n) is 5.12. The molecule has 2 heteroatoms. The lowest BCUT2D eigenvalue weighted by Gasteiger charge is -2.59. The minimum Gasteiger partial charge on any atom is -0.260 e. The summed E-state index contributed by atoms with van der Waals surface area (Å²) in [6, 6.07) is 8.69. The van der Waals surface area contributed by atoms with Crippen molar-refractivity contribution in [2.75, 3.05) is 0 Å². The van der Waals surface area contributed by atoms with Gasteiger partial charge in [-0.25, -0.2) is 0 Å². The van der Waals surface area contributed by atoms with E-state index in [0.29, 0.717) is 10.8 Å². The number of aromatic nitrogens is 2. The van der Waals surface area contributed by atoms with Crippen LogP contribution < -0.4 is 0 Å². The van der Waals surface area contributed by atoms with E-state index in [4.69, 9.17) is 9.97 Å². The smallest absolute Gasteiger partial charge is 0.0758 e. The Morgan fingerprint density at radius 2 is 1.63 bits per heavy atom. The zero-order chi connectivity index (χ0) is 12.5. The molecule has 2 heterocycles. The first-order valence-electron chi connectivity index (χ1n) is 7.29. The highest BCUT2D eigenvalue weighted by Crippen LogP contribution is 2.71. The fourth-order valence-corrected chi connectivity index (χ4v) is 5.12. The third-order valence-corrected chi connectivity index (χ3v) is 5.94. The van der Waals surface area contributed by atoms with Crippen molar-refractivity contribution < 1.29 is 0 Å². The normalized spacial score (nSPS) is 33.7. The summed E-state index contributed by atoms with van der Waals surface area (Å²) in [6.45, 7) is 0. The maximum absolute atomic E-state index is 4.79. The number of hydrogen-bond donors (Lipinski definition) is 0. The second kappa shape index (κ2) is 3.06. The van der Waals surface area contributed by atoms with Gasteiger partial charge in [-0.15, -0.1) is 0 Å². The fraction of sp³-hybridized carbons (Fsp3) is 0.412. The summed E-state index contributed by atoms with van der Waals surface area (Å²) in [4.78, 5) is 9.48. The second-order valence-electron chi connectivity index (χ2n) is 6.32. The van der Waals surface area contributed by atoms with Crippen molar-refractivity contribution in [1.82, 2.24) is 9.97 Å². The third kappa shape index (κ3) is 0.917. The molecule has 0 aliphatic heterocycles. The third-order valence-electron chi connectivity index (χ3n) is 5.94. The molecule has 0 radical (unpaired) electrons. The first kappa shape index (κ1) is 10.1. The molecule has 2 nitrogen and oxygen atoms in total. The van der Waals surface area contributed by atoms with E-state index in [2.05, 4.69) is 24.3 Å². The maximum atomic E-state index is 4.79. The quantitative estimate of drug-likeness (QED) is 0.711. The first-order valence-corrected chi connectivity index (χ1v) is 7.29. The SMILES string of the molecule is c1cnc2c(c1)-c1ncccc1C13CCCC21CC3. The Hall–Kier alpha value is -1.70. The molecule has 5 rings (SSSR count). The Balaban J connectivity index is 1.94. The summed E-state index contributed by atoms with van der Waals surface area (Å²) in [7, 11) is 0. The minimum absolute atomic E-state index is 0.333. The van der Waals surface area contributed by atoms with Crippen LogP contribution >= 0.6 is 0 Å². The van der Waals surface area contributed by atoms with Gasteiger partial charge in [0.15, 0.2) is 0 Å². The van der Waals surface area contributed by atoms with Crippen LogP contribution in [0.1, 0.15) is 43.4 Å². The predicted molar refractivity (Wildman–Crippen MR) is 73.9 cm³/mol. The van der Waals surface area contributed by atoms with Gasteiger partial charge in [0.25, 0.3) is 0 Å². The van der Waals surface area contributed by atoms with E-state index in [1.54, 1.807) is 0 Å². The lowest BCUT2D eigenvalue weighted by atomic mass is 9.44. The van der Waals surface area contributed by atoms with Crippen LogP contribution in [0, 0.1) is 0 Å². The number of pyridine rings is 2. The van der Waals surface area contributed by atoms with Gasteiger partial charge in [-0.3, -0.25) is 9.97 Å². The van der Waals surface area contributed by atoms with Crippen LogP contribution in [0.3, 0.4) is 0 Å². The highest BCUT2D eigenvalue weighted by atomic mass is 14.8. The van der Waals surface area contributed by atoms with Crippen LogP contribution in [0.15, 0.2) is 36.7 Å². The largest absolute Gasteiger partial charge is 0.260 e. The summed E-state index contributed by atoms with van der Waals surface area (Å²) < 4.78 is 0. The van der Waals surface area contributed by atoms with E-state index in [0.717, 1.165) is 0 Å². The van der Waals surface area contributed by atoms with Crippen LogP contribution in [0.5, 0.6) is 0 Å². The van der Waals surface area contributed by atoms with E-state index in [-0.39, 0.29) is 0 Å². The molecule has 0 spiro atoms. The summed E-state index contributed by atoms with van der Waals surface area (Å²) >= 11 is 0. The van der Waals surface area contributed by atoms with E-state index in [9.17, 15) is 0 Å². The molecule has 0 saturated heterocycles. The molecule has 3 aliphatic carbocycles. The van der Waals surface area contributed by atoms with E-state index in [1.807, 2.05) is 12.4 Å². The molecule has 2 aromatic rings. The second-order valence-corrected chi connectivity index (χ2v) is 6.32. The molecule has 94 valence electrons. The minimum atomic E-state index is 0.333. The highest BCUT2D eigenvalue weighted by Gasteiger charge is 2.66. The van der Waals surface area contributed by atoms with Crippen molar-refractivity contribution >= 4 is 0 Å². The monoisotopic (exact) mass is 248 g/mol. The van der Waals surface area contributed by atoms with E-state index in [1.165, 1.54) is 54.6 Å². The van der Waals surface area contributed by atoms with Gasteiger partial charge in [-0.1, -0.05) is 12.5 Å². The van der Waals surface area contributed by atoms with Gasteiger partial charge >= 0.3 is 0 Å². The number of nitrogens with zero attached hydrogens (tertiary/aromatic N) is 2. The zero-order valence-corrected chi connectivity index (χ0v) is 10.9. The molecular weight excluding hydrogens is 232 g/mol. The topological polar surface area (TPSA) is 25.8 Å². The number of fused-ring (bicyclic) bond motifs is 3. The summed E-state index contributed by atoms with van der Waals surface area (Å²) in [5.74, 6) is 0. The first-order chi connectivity index (χ1) is 9.37. The van der Waals surface area contributed by atoms with Gasteiger partial charge in [0.1, 0.15) is 0 Å². The number of rotatable bonds is 0. The van der Waals surface area contributed by atoms with Crippen LogP contribution in [0.4, 0.5) is 0 Å². The summed E-state index contributed by atoms with van der Waals surface area (Å²) in [5.41, 5.74) is 6.01. The van der Waals surface area contributed by atoms with Crippen molar-refractivity contribution in [2.45, 2.75) is 42.9 Å². The summed E-state index contributed by atoms with van der Waals surface area (Å²) in [6.07, 6.45) is 10.5. The molecule has 19 heavy (non-hydrogen) atoms. The van der Waals surface area contributed by atoms with Crippen molar-refractivity contribution in [3.05, 3.63) is 47.9 Å². The summed E-state index contributed by atoms with van der Waals surface area (Å²) in [5, 5.41) is 0. The number of hydrogen-bond acceptors (Lipinski definition) is 2. The molecule has 2 atom stereocenters. The van der Waals surface area contributed by atoms with Crippen LogP contribution in [-0.4, -0.2) is 9.97 Å².